The Bertz CT molecular complexity index is 643. The number of thiophene rings is 1. The summed E-state index contributed by atoms with van der Waals surface area (Å²) < 4.78 is 6.42. The largest absolute Gasteiger partial charge is 0.375 e. The van der Waals surface area contributed by atoms with Gasteiger partial charge in [0.25, 0.3) is 5.91 Å². The van der Waals surface area contributed by atoms with Crippen LogP contribution in [-0.2, 0) is 4.74 Å². The molecule has 4 fully saturated rings. The van der Waals surface area contributed by atoms with Crippen molar-refractivity contribution in [1.82, 2.24) is 9.80 Å². The molecule has 1 spiro atoms. The minimum absolute atomic E-state index is 0.227. The predicted octanol–water partition coefficient (Wildman–Crippen LogP) is 4.17. The Labute approximate surface area is 166 Å². The van der Waals surface area contributed by atoms with Crippen LogP contribution in [0.4, 0.5) is 0 Å². The van der Waals surface area contributed by atoms with Gasteiger partial charge in [0.1, 0.15) is 0 Å². The van der Waals surface area contributed by atoms with Crippen LogP contribution < -0.4 is 0 Å². The second-order valence-corrected chi connectivity index (χ2v) is 10.0. The molecule has 0 radical (unpaired) electrons. The zero-order valence-corrected chi connectivity index (χ0v) is 17.1. The van der Waals surface area contributed by atoms with Crippen LogP contribution in [0.3, 0.4) is 0 Å². The third kappa shape index (κ3) is 3.47. The molecular weight excluding hydrogens is 356 g/mol. The highest BCUT2D eigenvalue weighted by Gasteiger charge is 2.56. The second-order valence-electron chi connectivity index (χ2n) is 9.08. The first-order valence-corrected chi connectivity index (χ1v) is 11.9. The van der Waals surface area contributed by atoms with Crippen molar-refractivity contribution in [2.75, 3.05) is 26.2 Å². The number of carbonyl (C=O) groups is 1. The van der Waals surface area contributed by atoms with Crippen molar-refractivity contribution in [3.05, 3.63) is 22.4 Å². The Balaban J connectivity index is 1.20. The van der Waals surface area contributed by atoms with Crippen molar-refractivity contribution in [2.24, 2.45) is 5.92 Å². The molecule has 148 valence electrons. The van der Waals surface area contributed by atoms with Gasteiger partial charge in [-0.15, -0.1) is 11.3 Å². The van der Waals surface area contributed by atoms with Gasteiger partial charge >= 0.3 is 0 Å². The summed E-state index contributed by atoms with van der Waals surface area (Å²) in [7, 11) is 0. The maximum absolute atomic E-state index is 12.6. The van der Waals surface area contributed by atoms with Crippen LogP contribution >= 0.6 is 11.3 Å². The van der Waals surface area contributed by atoms with E-state index in [0.717, 1.165) is 49.9 Å². The molecule has 2 aliphatic carbocycles. The van der Waals surface area contributed by atoms with Gasteiger partial charge in [0.2, 0.25) is 0 Å². The van der Waals surface area contributed by atoms with Gasteiger partial charge in [0.15, 0.2) is 0 Å². The van der Waals surface area contributed by atoms with E-state index in [1.165, 1.54) is 44.9 Å². The average molecular weight is 389 g/mol. The van der Waals surface area contributed by atoms with Crippen molar-refractivity contribution >= 4 is 17.2 Å². The number of hydrogen-bond donors (Lipinski definition) is 0. The van der Waals surface area contributed by atoms with Crippen LogP contribution in [-0.4, -0.2) is 59.6 Å². The number of rotatable bonds is 5. The monoisotopic (exact) mass is 388 g/mol. The quantitative estimate of drug-likeness (QED) is 0.759. The molecule has 4 nitrogen and oxygen atoms in total. The van der Waals surface area contributed by atoms with Gasteiger partial charge in [0.05, 0.1) is 11.0 Å². The van der Waals surface area contributed by atoms with E-state index in [4.69, 9.17) is 4.74 Å². The fourth-order valence-corrected chi connectivity index (χ4v) is 6.26. The zero-order valence-electron chi connectivity index (χ0n) is 16.3. The van der Waals surface area contributed by atoms with E-state index >= 15 is 0 Å². The van der Waals surface area contributed by atoms with Gasteiger partial charge in [-0.25, -0.2) is 0 Å². The number of piperidine rings is 1. The van der Waals surface area contributed by atoms with Crippen LogP contribution in [0.1, 0.15) is 67.5 Å². The lowest BCUT2D eigenvalue weighted by Gasteiger charge is -2.63. The Kier molecular flexibility index (Phi) is 5.03. The highest BCUT2D eigenvalue weighted by atomic mass is 32.1. The Hall–Kier alpha value is -0.910. The minimum Gasteiger partial charge on any atom is -0.375 e. The molecule has 2 aliphatic heterocycles. The molecule has 3 heterocycles. The first-order valence-electron chi connectivity index (χ1n) is 11.0. The normalized spacial score (nSPS) is 29.0. The van der Waals surface area contributed by atoms with Gasteiger partial charge in [-0.05, 0) is 55.9 Å². The summed E-state index contributed by atoms with van der Waals surface area (Å²) in [4.78, 5) is 18.4. The summed E-state index contributed by atoms with van der Waals surface area (Å²) in [6.07, 6.45) is 12.2. The molecule has 2 saturated carbocycles. The molecular formula is C22H32N2O2S. The maximum Gasteiger partial charge on any atom is 0.263 e. The van der Waals surface area contributed by atoms with Crippen molar-refractivity contribution in [1.29, 1.82) is 0 Å². The molecule has 2 saturated heterocycles. The minimum atomic E-state index is 0.227. The SMILES string of the molecule is O=C(c1cccs1)N1CCC(N2CC(OCC3CC3)C23CCCCC3)CC1. The van der Waals surface area contributed by atoms with Crippen LogP contribution in [0.15, 0.2) is 17.5 Å². The van der Waals surface area contributed by atoms with Gasteiger partial charge in [-0.1, -0.05) is 25.3 Å². The van der Waals surface area contributed by atoms with Gasteiger partial charge in [-0.2, -0.15) is 0 Å². The second kappa shape index (κ2) is 7.49. The molecule has 0 aromatic carbocycles. The Morgan fingerprint density at radius 2 is 1.93 bits per heavy atom. The summed E-state index contributed by atoms with van der Waals surface area (Å²) in [5.74, 6) is 1.08. The van der Waals surface area contributed by atoms with E-state index < -0.39 is 0 Å². The maximum atomic E-state index is 12.6. The van der Waals surface area contributed by atoms with Crippen LogP contribution in [0.25, 0.3) is 0 Å². The zero-order chi connectivity index (χ0) is 18.3. The van der Waals surface area contributed by atoms with E-state index in [-0.39, 0.29) is 5.91 Å². The molecule has 0 N–H and O–H groups in total. The van der Waals surface area contributed by atoms with Gasteiger partial charge < -0.3 is 9.64 Å². The summed E-state index contributed by atoms with van der Waals surface area (Å²) in [5, 5.41) is 1.99. The van der Waals surface area contributed by atoms with Crippen molar-refractivity contribution in [3.63, 3.8) is 0 Å². The van der Waals surface area contributed by atoms with E-state index in [2.05, 4.69) is 9.80 Å². The molecule has 1 amide bonds. The predicted molar refractivity (Wildman–Crippen MR) is 108 cm³/mol. The molecule has 5 rings (SSSR count). The topological polar surface area (TPSA) is 32.8 Å². The van der Waals surface area contributed by atoms with Gasteiger partial charge in [-0.3, -0.25) is 9.69 Å². The summed E-state index contributed by atoms with van der Waals surface area (Å²) >= 11 is 1.56. The fourth-order valence-electron chi connectivity index (χ4n) is 5.57. The third-order valence-electron chi connectivity index (χ3n) is 7.41. The molecule has 4 aliphatic rings. The summed E-state index contributed by atoms with van der Waals surface area (Å²) in [5.41, 5.74) is 0.317. The lowest BCUT2D eigenvalue weighted by molar-refractivity contribution is -0.202. The highest BCUT2D eigenvalue weighted by Crippen LogP contribution is 2.48. The van der Waals surface area contributed by atoms with Gasteiger partial charge in [0, 0.05) is 37.8 Å². The molecule has 1 unspecified atom stereocenters. The van der Waals surface area contributed by atoms with Crippen molar-refractivity contribution in [2.45, 2.75) is 75.5 Å². The van der Waals surface area contributed by atoms with Crippen LogP contribution in [0, 0.1) is 5.92 Å². The Morgan fingerprint density at radius 1 is 1.15 bits per heavy atom. The molecule has 0 bridgehead atoms. The number of likely N-dealkylation sites (tertiary alicyclic amines) is 2. The number of ether oxygens (including phenoxy) is 1. The highest BCUT2D eigenvalue weighted by molar-refractivity contribution is 7.12. The molecule has 27 heavy (non-hydrogen) atoms. The van der Waals surface area contributed by atoms with E-state index in [1.54, 1.807) is 11.3 Å². The summed E-state index contributed by atoms with van der Waals surface area (Å²) in [6, 6.07) is 4.56. The number of carbonyl (C=O) groups excluding carboxylic acids is 1. The molecule has 1 aromatic heterocycles. The lowest BCUT2D eigenvalue weighted by Crippen LogP contribution is -2.75. The standard InChI is InChI=1S/C22H32N2O2S/c25-21(19-5-4-14-27-19)23-12-8-18(9-13-23)24-15-20(26-16-17-6-7-17)22(24)10-2-1-3-11-22/h4-5,14,17-18,20H,1-3,6-13,15-16H2. The lowest BCUT2D eigenvalue weighted by atomic mass is 9.69. The van der Waals surface area contributed by atoms with E-state index in [1.807, 2.05) is 17.5 Å². The molecule has 5 heteroatoms. The third-order valence-corrected chi connectivity index (χ3v) is 8.27. The van der Waals surface area contributed by atoms with Crippen molar-refractivity contribution in [3.8, 4) is 0 Å². The number of hydrogen-bond acceptors (Lipinski definition) is 4. The van der Waals surface area contributed by atoms with Crippen LogP contribution in [0.2, 0.25) is 0 Å². The van der Waals surface area contributed by atoms with E-state index in [0.29, 0.717) is 17.7 Å². The first-order chi connectivity index (χ1) is 13.3. The first kappa shape index (κ1) is 18.1. The van der Waals surface area contributed by atoms with Crippen molar-refractivity contribution < 1.29 is 9.53 Å². The Morgan fingerprint density at radius 3 is 2.59 bits per heavy atom. The number of amides is 1. The smallest absolute Gasteiger partial charge is 0.263 e. The molecule has 1 aromatic rings. The van der Waals surface area contributed by atoms with E-state index in [9.17, 15) is 4.79 Å². The fraction of sp³-hybridized carbons (Fsp3) is 0.773. The molecule has 1 atom stereocenters. The summed E-state index contributed by atoms with van der Waals surface area (Å²) in [6.45, 7) is 3.92. The number of nitrogens with zero attached hydrogens (tertiary/aromatic N) is 2. The average Bonchev–Trinajstić information content (AvgIpc) is 3.38. The van der Waals surface area contributed by atoms with Crippen LogP contribution in [0.5, 0.6) is 0 Å².